The quantitative estimate of drug-likeness (QED) is 0.504. The summed E-state index contributed by atoms with van der Waals surface area (Å²) < 4.78 is 14.9. The molecule has 0 saturated carbocycles. The summed E-state index contributed by atoms with van der Waals surface area (Å²) in [6.07, 6.45) is 4.15. The van der Waals surface area contributed by atoms with E-state index in [4.69, 9.17) is 28.0 Å². The minimum Gasteiger partial charge on any atom is -0.401 e. The maximum absolute atomic E-state index is 13.8. The van der Waals surface area contributed by atoms with Crippen LogP contribution in [0.2, 0.25) is 10.0 Å². The molecule has 3 heterocycles. The molecule has 0 radical (unpaired) electrons. The van der Waals surface area contributed by atoms with E-state index in [0.29, 0.717) is 11.2 Å². The molecule has 10 heteroatoms. The number of nitrogens with zero attached hydrogens (tertiary/aromatic N) is 3. The van der Waals surface area contributed by atoms with Crippen LogP contribution in [0.25, 0.3) is 22.3 Å². The van der Waals surface area contributed by atoms with Crippen molar-refractivity contribution in [2.75, 3.05) is 0 Å². The summed E-state index contributed by atoms with van der Waals surface area (Å²) in [5.41, 5.74) is 2.01. The highest BCUT2D eigenvalue weighted by molar-refractivity contribution is 6.36. The SMILES string of the molecule is CC(On1c(=O)[nH]c2ncc(-c3cn[nH]c3)cc21)c1c(Cl)ccc(F)c1Cl. The molecule has 2 N–H and O–H groups in total. The smallest absolute Gasteiger partial charge is 0.360 e. The number of aromatic nitrogens is 5. The first kappa shape index (κ1) is 17.6. The first-order valence-electron chi connectivity index (χ1n) is 7.86. The molecule has 138 valence electrons. The number of imidazole rings is 1. The minimum absolute atomic E-state index is 0.153. The van der Waals surface area contributed by atoms with Crippen molar-refractivity contribution in [1.29, 1.82) is 0 Å². The highest BCUT2D eigenvalue weighted by atomic mass is 35.5. The van der Waals surface area contributed by atoms with Crippen LogP contribution in [0.15, 0.2) is 41.6 Å². The van der Waals surface area contributed by atoms with Crippen LogP contribution in [0.4, 0.5) is 4.39 Å². The van der Waals surface area contributed by atoms with Crippen molar-refractivity contribution in [3.8, 4) is 11.1 Å². The van der Waals surface area contributed by atoms with E-state index in [2.05, 4.69) is 20.2 Å². The summed E-state index contributed by atoms with van der Waals surface area (Å²) in [4.78, 5) is 24.9. The normalized spacial score (nSPS) is 12.4. The maximum atomic E-state index is 13.8. The molecule has 0 fully saturated rings. The Morgan fingerprint density at radius 3 is 2.81 bits per heavy atom. The zero-order chi connectivity index (χ0) is 19.1. The van der Waals surface area contributed by atoms with Crippen LogP contribution in [0, 0.1) is 5.82 Å². The van der Waals surface area contributed by atoms with Gasteiger partial charge in [0.2, 0.25) is 0 Å². The lowest BCUT2D eigenvalue weighted by molar-refractivity contribution is 0.0492. The molecule has 0 spiro atoms. The standard InChI is InChI=1S/C17H12Cl2FN5O2/c1-8(14-11(18)2-3-12(20)15(14)19)27-25-13-4-9(10-6-22-23-7-10)5-21-16(13)24-17(25)26/h2-8H,1H3,(H,22,23)(H,21,24,26). The molecule has 27 heavy (non-hydrogen) atoms. The van der Waals surface area contributed by atoms with Gasteiger partial charge in [0.15, 0.2) is 11.8 Å². The lowest BCUT2D eigenvalue weighted by atomic mass is 10.1. The van der Waals surface area contributed by atoms with Crippen LogP contribution in [0.5, 0.6) is 0 Å². The fraction of sp³-hybridized carbons (Fsp3) is 0.118. The Bertz CT molecular complexity index is 1190. The highest BCUT2D eigenvalue weighted by Gasteiger charge is 2.21. The topological polar surface area (TPSA) is 88.6 Å². The van der Waals surface area contributed by atoms with Gasteiger partial charge in [-0.2, -0.15) is 5.10 Å². The Morgan fingerprint density at radius 2 is 2.07 bits per heavy atom. The monoisotopic (exact) mass is 407 g/mol. The summed E-state index contributed by atoms with van der Waals surface area (Å²) in [7, 11) is 0. The molecule has 0 aliphatic carbocycles. The van der Waals surface area contributed by atoms with E-state index >= 15 is 0 Å². The first-order chi connectivity index (χ1) is 13.0. The number of hydrogen-bond acceptors (Lipinski definition) is 4. The number of rotatable bonds is 4. The molecule has 1 atom stereocenters. The number of H-pyrrole nitrogens is 2. The van der Waals surface area contributed by atoms with E-state index in [9.17, 15) is 9.18 Å². The molecule has 7 nitrogen and oxygen atoms in total. The van der Waals surface area contributed by atoms with Gasteiger partial charge in [-0.3, -0.25) is 10.1 Å². The van der Waals surface area contributed by atoms with Gasteiger partial charge < -0.3 is 4.84 Å². The number of nitrogens with one attached hydrogen (secondary N) is 2. The third kappa shape index (κ3) is 3.07. The van der Waals surface area contributed by atoms with Crippen LogP contribution < -0.4 is 10.5 Å². The predicted octanol–water partition coefficient (Wildman–Crippen LogP) is 3.75. The van der Waals surface area contributed by atoms with Crippen LogP contribution in [-0.2, 0) is 0 Å². The van der Waals surface area contributed by atoms with Gasteiger partial charge in [-0.1, -0.05) is 23.2 Å². The fourth-order valence-electron chi connectivity index (χ4n) is 2.76. The maximum Gasteiger partial charge on any atom is 0.360 e. The van der Waals surface area contributed by atoms with Crippen molar-refractivity contribution >= 4 is 34.4 Å². The van der Waals surface area contributed by atoms with Crippen LogP contribution >= 0.6 is 23.2 Å². The summed E-state index contributed by atoms with van der Waals surface area (Å²) in [5.74, 6) is -0.623. The molecule has 1 aromatic carbocycles. The minimum atomic E-state index is -0.796. The van der Waals surface area contributed by atoms with Gasteiger partial charge in [0, 0.05) is 34.1 Å². The molecular formula is C17H12Cl2FN5O2. The summed E-state index contributed by atoms with van der Waals surface area (Å²) in [5, 5.41) is 6.70. The van der Waals surface area contributed by atoms with Gasteiger partial charge in [0.25, 0.3) is 0 Å². The predicted molar refractivity (Wildman–Crippen MR) is 99.4 cm³/mol. The Balaban J connectivity index is 1.78. The van der Waals surface area contributed by atoms with Gasteiger partial charge in [-0.25, -0.2) is 14.2 Å². The Kier molecular flexibility index (Phi) is 4.37. The molecule has 0 aliphatic heterocycles. The van der Waals surface area contributed by atoms with E-state index in [1.165, 1.54) is 12.1 Å². The first-order valence-corrected chi connectivity index (χ1v) is 8.61. The van der Waals surface area contributed by atoms with Crippen LogP contribution in [-0.4, -0.2) is 24.9 Å². The summed E-state index contributed by atoms with van der Waals surface area (Å²) in [6, 6.07) is 4.28. The largest absolute Gasteiger partial charge is 0.401 e. The Hall–Kier alpha value is -2.84. The highest BCUT2D eigenvalue weighted by Crippen LogP contribution is 2.33. The van der Waals surface area contributed by atoms with E-state index in [0.717, 1.165) is 15.9 Å². The molecule has 4 aromatic rings. The second kappa shape index (κ2) is 6.71. The lowest BCUT2D eigenvalue weighted by Gasteiger charge is -2.17. The van der Waals surface area contributed by atoms with Crippen molar-refractivity contribution in [3.63, 3.8) is 0 Å². The molecule has 0 saturated heterocycles. The van der Waals surface area contributed by atoms with Crippen LogP contribution in [0.1, 0.15) is 18.6 Å². The second-order valence-corrected chi connectivity index (χ2v) is 6.59. The number of halogens is 3. The fourth-order valence-corrected chi connectivity index (χ4v) is 3.44. The molecule has 0 aliphatic rings. The Labute approximate surface area is 161 Å². The third-order valence-corrected chi connectivity index (χ3v) is 4.79. The van der Waals surface area contributed by atoms with Gasteiger partial charge in [0.1, 0.15) is 11.3 Å². The molecular weight excluding hydrogens is 396 g/mol. The van der Waals surface area contributed by atoms with Gasteiger partial charge in [-0.05, 0) is 25.1 Å². The number of aromatic amines is 2. The van der Waals surface area contributed by atoms with E-state index in [1.807, 2.05) is 0 Å². The number of hydrogen-bond donors (Lipinski definition) is 2. The van der Waals surface area contributed by atoms with E-state index in [-0.39, 0.29) is 15.6 Å². The second-order valence-electron chi connectivity index (χ2n) is 5.81. The zero-order valence-corrected chi connectivity index (χ0v) is 15.3. The zero-order valence-electron chi connectivity index (χ0n) is 13.8. The lowest BCUT2D eigenvalue weighted by Crippen LogP contribution is -2.26. The van der Waals surface area contributed by atoms with E-state index < -0.39 is 17.6 Å². The Morgan fingerprint density at radius 1 is 1.26 bits per heavy atom. The summed E-state index contributed by atoms with van der Waals surface area (Å²) >= 11 is 12.2. The van der Waals surface area contributed by atoms with Crippen molar-refractivity contribution in [2.24, 2.45) is 0 Å². The third-order valence-electron chi connectivity index (χ3n) is 4.08. The number of benzene rings is 1. The number of pyridine rings is 1. The molecule has 3 aromatic heterocycles. The van der Waals surface area contributed by atoms with Gasteiger partial charge in [-0.15, -0.1) is 4.73 Å². The van der Waals surface area contributed by atoms with Crippen molar-refractivity contribution < 1.29 is 9.23 Å². The van der Waals surface area contributed by atoms with Gasteiger partial charge in [0.05, 0.1) is 11.2 Å². The molecule has 4 rings (SSSR count). The molecule has 0 amide bonds. The van der Waals surface area contributed by atoms with Crippen LogP contribution in [0.3, 0.4) is 0 Å². The van der Waals surface area contributed by atoms with Crippen molar-refractivity contribution in [2.45, 2.75) is 13.0 Å². The summed E-state index contributed by atoms with van der Waals surface area (Å²) in [6.45, 7) is 1.62. The van der Waals surface area contributed by atoms with Crippen molar-refractivity contribution in [1.82, 2.24) is 24.9 Å². The van der Waals surface area contributed by atoms with Gasteiger partial charge >= 0.3 is 5.69 Å². The van der Waals surface area contributed by atoms with E-state index in [1.54, 1.807) is 31.6 Å². The average molecular weight is 408 g/mol. The average Bonchev–Trinajstić information content (AvgIpc) is 3.27. The number of fused-ring (bicyclic) bond motifs is 1. The molecule has 0 bridgehead atoms. The van der Waals surface area contributed by atoms with Crippen molar-refractivity contribution in [3.05, 3.63) is 68.7 Å². The molecule has 1 unspecified atom stereocenters.